The second-order valence-electron chi connectivity index (χ2n) is 6.11. The first-order chi connectivity index (χ1) is 12.0. The molecule has 134 valence electrons. The number of nitrogens with zero attached hydrogens (tertiary/aromatic N) is 1. The van der Waals surface area contributed by atoms with Crippen molar-refractivity contribution >= 4 is 17.7 Å². The highest BCUT2D eigenvalue weighted by Gasteiger charge is 2.17. The summed E-state index contributed by atoms with van der Waals surface area (Å²) < 4.78 is 0. The summed E-state index contributed by atoms with van der Waals surface area (Å²) in [5.74, 6) is 0.185. The van der Waals surface area contributed by atoms with Gasteiger partial charge in [-0.2, -0.15) is 0 Å². The van der Waals surface area contributed by atoms with Gasteiger partial charge in [-0.05, 0) is 24.8 Å². The molecule has 0 aliphatic rings. The van der Waals surface area contributed by atoms with Crippen molar-refractivity contribution in [2.75, 3.05) is 6.54 Å². The number of carbonyl (C=O) groups excluding carboxylic acids is 1. The number of rotatable bonds is 8. The fourth-order valence-corrected chi connectivity index (χ4v) is 3.30. The second-order valence-corrected chi connectivity index (χ2v) is 7.44. The summed E-state index contributed by atoms with van der Waals surface area (Å²) in [6.45, 7) is 6.52. The first kappa shape index (κ1) is 19.2. The Morgan fingerprint density at radius 1 is 1.28 bits per heavy atom. The van der Waals surface area contributed by atoms with Gasteiger partial charge in [0.25, 0.3) is 5.56 Å². The Kier molecular flexibility index (Phi) is 7.25. The molecule has 1 heterocycles. The van der Waals surface area contributed by atoms with E-state index in [0.29, 0.717) is 11.7 Å². The molecule has 1 aromatic carbocycles. The third-order valence-electron chi connectivity index (χ3n) is 3.89. The van der Waals surface area contributed by atoms with Gasteiger partial charge >= 0.3 is 0 Å². The minimum absolute atomic E-state index is 0.0590. The van der Waals surface area contributed by atoms with Gasteiger partial charge in [0.15, 0.2) is 5.16 Å². The van der Waals surface area contributed by atoms with Crippen LogP contribution in [-0.2, 0) is 11.2 Å². The number of benzene rings is 1. The van der Waals surface area contributed by atoms with E-state index in [4.69, 9.17) is 0 Å². The Balaban J connectivity index is 1.91. The van der Waals surface area contributed by atoms with Gasteiger partial charge in [-0.15, -0.1) is 0 Å². The number of aromatic nitrogens is 2. The zero-order valence-electron chi connectivity index (χ0n) is 14.9. The average Bonchev–Trinajstić information content (AvgIpc) is 2.59. The van der Waals surface area contributed by atoms with Gasteiger partial charge in [0.2, 0.25) is 5.91 Å². The number of aromatic amines is 1. The molecular weight excluding hydrogens is 334 g/mol. The molecule has 6 heteroatoms. The number of aryl methyl sites for hydroxylation is 1. The molecule has 2 aromatic rings. The smallest absolute Gasteiger partial charge is 0.251 e. The van der Waals surface area contributed by atoms with Crippen molar-refractivity contribution in [3.05, 3.63) is 58.0 Å². The quantitative estimate of drug-likeness (QED) is 0.561. The van der Waals surface area contributed by atoms with Gasteiger partial charge in [-0.1, -0.05) is 62.4 Å². The molecule has 0 aliphatic carbocycles. The largest absolute Gasteiger partial charge is 0.355 e. The lowest BCUT2D eigenvalue weighted by Crippen LogP contribution is -2.33. The summed E-state index contributed by atoms with van der Waals surface area (Å²) >= 11 is 1.27. The number of hydrogen-bond acceptors (Lipinski definition) is 4. The maximum atomic E-state index is 12.3. The number of H-pyrrole nitrogens is 1. The van der Waals surface area contributed by atoms with Gasteiger partial charge in [0, 0.05) is 18.3 Å². The molecule has 5 nitrogen and oxygen atoms in total. The van der Waals surface area contributed by atoms with Gasteiger partial charge in [-0.25, -0.2) is 4.98 Å². The van der Waals surface area contributed by atoms with Gasteiger partial charge in [-0.3, -0.25) is 9.59 Å². The van der Waals surface area contributed by atoms with Crippen molar-refractivity contribution in [3.63, 3.8) is 0 Å². The predicted molar refractivity (Wildman–Crippen MR) is 102 cm³/mol. The molecular formula is C19H25N3O2S. The molecule has 0 saturated heterocycles. The first-order valence-electron chi connectivity index (χ1n) is 8.59. The van der Waals surface area contributed by atoms with Gasteiger partial charge < -0.3 is 10.3 Å². The van der Waals surface area contributed by atoms with Crippen LogP contribution < -0.4 is 10.9 Å². The summed E-state index contributed by atoms with van der Waals surface area (Å²) in [5, 5.41) is 3.14. The highest BCUT2D eigenvalue weighted by Crippen LogP contribution is 2.19. The average molecular weight is 359 g/mol. The monoisotopic (exact) mass is 359 g/mol. The minimum Gasteiger partial charge on any atom is -0.355 e. The van der Waals surface area contributed by atoms with Crippen molar-refractivity contribution in [2.45, 2.75) is 49.9 Å². The first-order valence-corrected chi connectivity index (χ1v) is 9.47. The second kappa shape index (κ2) is 9.42. The molecule has 0 bridgehead atoms. The third-order valence-corrected chi connectivity index (χ3v) is 4.87. The van der Waals surface area contributed by atoms with E-state index in [1.54, 1.807) is 0 Å². The maximum Gasteiger partial charge on any atom is 0.251 e. The SMILES string of the molecule is CCCc1cc(=O)[nH]c(S[C@@H](C)C(=O)NC[C@@H](C)c2ccccc2)n1. The van der Waals surface area contributed by atoms with Crippen molar-refractivity contribution < 1.29 is 4.79 Å². The number of amides is 1. The lowest BCUT2D eigenvalue weighted by atomic mass is 10.0. The van der Waals surface area contributed by atoms with Crippen LogP contribution in [0.3, 0.4) is 0 Å². The van der Waals surface area contributed by atoms with Gasteiger partial charge in [0.05, 0.1) is 5.25 Å². The van der Waals surface area contributed by atoms with Crippen molar-refractivity contribution in [2.24, 2.45) is 0 Å². The van der Waals surface area contributed by atoms with Crippen LogP contribution in [0, 0.1) is 0 Å². The lowest BCUT2D eigenvalue weighted by Gasteiger charge is -2.16. The molecule has 2 atom stereocenters. The molecule has 0 spiro atoms. The van der Waals surface area contributed by atoms with E-state index in [-0.39, 0.29) is 22.6 Å². The van der Waals surface area contributed by atoms with Crippen LogP contribution in [0.2, 0.25) is 0 Å². The molecule has 0 aliphatic heterocycles. The number of thioether (sulfide) groups is 1. The molecule has 1 amide bonds. The third kappa shape index (κ3) is 6.05. The fourth-order valence-electron chi connectivity index (χ4n) is 2.44. The summed E-state index contributed by atoms with van der Waals surface area (Å²) in [6.07, 6.45) is 1.68. The van der Waals surface area contributed by atoms with E-state index < -0.39 is 0 Å². The molecule has 0 radical (unpaired) electrons. The highest BCUT2D eigenvalue weighted by molar-refractivity contribution is 8.00. The molecule has 1 aromatic heterocycles. The molecule has 25 heavy (non-hydrogen) atoms. The normalized spacial score (nSPS) is 13.2. The number of nitrogens with one attached hydrogen (secondary N) is 2. The summed E-state index contributed by atoms with van der Waals surface area (Å²) in [5.41, 5.74) is 1.78. The Morgan fingerprint density at radius 3 is 2.68 bits per heavy atom. The summed E-state index contributed by atoms with van der Waals surface area (Å²) in [7, 11) is 0. The highest BCUT2D eigenvalue weighted by atomic mass is 32.2. The Morgan fingerprint density at radius 2 is 2.00 bits per heavy atom. The maximum absolute atomic E-state index is 12.3. The van der Waals surface area contributed by atoms with Crippen LogP contribution in [-0.4, -0.2) is 27.7 Å². The van der Waals surface area contributed by atoms with Gasteiger partial charge in [0.1, 0.15) is 0 Å². The topological polar surface area (TPSA) is 74.8 Å². The molecule has 0 unspecified atom stereocenters. The minimum atomic E-state index is -0.331. The molecule has 0 fully saturated rings. The van der Waals surface area contributed by atoms with Crippen LogP contribution in [0.25, 0.3) is 0 Å². The van der Waals surface area contributed by atoms with Crippen LogP contribution in [0.4, 0.5) is 0 Å². The Bertz CT molecular complexity index is 746. The molecule has 2 N–H and O–H groups in total. The Labute approximate surface area is 152 Å². The van der Waals surface area contributed by atoms with Crippen LogP contribution in [0.15, 0.2) is 46.3 Å². The van der Waals surface area contributed by atoms with Crippen molar-refractivity contribution in [1.82, 2.24) is 15.3 Å². The van der Waals surface area contributed by atoms with E-state index in [1.807, 2.05) is 32.0 Å². The summed E-state index contributed by atoms with van der Waals surface area (Å²) in [6, 6.07) is 11.6. The van der Waals surface area contributed by atoms with E-state index in [9.17, 15) is 9.59 Å². The number of carbonyl (C=O) groups is 1. The van der Waals surface area contributed by atoms with Crippen LogP contribution in [0.1, 0.15) is 44.4 Å². The Hall–Kier alpha value is -2.08. The van der Waals surface area contributed by atoms with Crippen LogP contribution in [0.5, 0.6) is 0 Å². The lowest BCUT2D eigenvalue weighted by molar-refractivity contribution is -0.120. The van der Waals surface area contributed by atoms with Crippen molar-refractivity contribution in [3.8, 4) is 0 Å². The standard InChI is InChI=1S/C19H25N3O2S/c1-4-8-16-11-17(23)22-19(21-16)25-14(3)18(24)20-12-13(2)15-9-6-5-7-10-15/h5-7,9-11,13-14H,4,8,12H2,1-3H3,(H,20,24)(H,21,22,23)/t13-,14+/m1/s1. The predicted octanol–water partition coefficient (Wildman–Crippen LogP) is 3.12. The van der Waals surface area contributed by atoms with E-state index in [0.717, 1.165) is 18.5 Å². The van der Waals surface area contributed by atoms with E-state index in [1.165, 1.54) is 23.4 Å². The fraction of sp³-hybridized carbons (Fsp3) is 0.421. The van der Waals surface area contributed by atoms with E-state index >= 15 is 0 Å². The van der Waals surface area contributed by atoms with Crippen molar-refractivity contribution in [1.29, 1.82) is 0 Å². The number of hydrogen-bond donors (Lipinski definition) is 2. The van der Waals surface area contributed by atoms with E-state index in [2.05, 4.69) is 34.3 Å². The zero-order valence-corrected chi connectivity index (χ0v) is 15.7. The summed E-state index contributed by atoms with van der Waals surface area (Å²) in [4.78, 5) is 31.1. The molecule has 0 saturated carbocycles. The molecule has 2 rings (SSSR count). The zero-order chi connectivity index (χ0) is 18.2. The van der Waals surface area contributed by atoms with Crippen LogP contribution >= 0.6 is 11.8 Å².